The monoisotopic (exact) mass is 242 g/mol. The van der Waals surface area contributed by atoms with Crippen molar-refractivity contribution in [1.82, 2.24) is 20.0 Å². The van der Waals surface area contributed by atoms with E-state index in [1.807, 2.05) is 4.90 Å². The summed E-state index contributed by atoms with van der Waals surface area (Å²) in [6.07, 6.45) is 4.21. The summed E-state index contributed by atoms with van der Waals surface area (Å²) in [7, 11) is 0. The molecule has 0 aliphatic carbocycles. The van der Waals surface area contributed by atoms with Crippen molar-refractivity contribution < 1.29 is 4.79 Å². The summed E-state index contributed by atoms with van der Waals surface area (Å²) < 4.78 is 1.57. The zero-order chi connectivity index (χ0) is 11.4. The van der Waals surface area contributed by atoms with Gasteiger partial charge >= 0.3 is 0 Å². The van der Waals surface area contributed by atoms with Gasteiger partial charge in [0.05, 0.1) is 11.2 Å². The second-order valence-electron chi connectivity index (χ2n) is 3.84. The molecule has 0 aromatic carbocycles. The number of amides is 1. The van der Waals surface area contributed by atoms with Gasteiger partial charge in [0.25, 0.3) is 0 Å². The topological polar surface area (TPSA) is 50.2 Å². The molecule has 1 aromatic heterocycles. The Hall–Kier alpha value is -1.07. The van der Waals surface area contributed by atoms with Crippen molar-refractivity contribution in [1.29, 1.82) is 0 Å². The molecule has 2 heterocycles. The maximum atomic E-state index is 11.9. The van der Waals surface area contributed by atoms with Crippen LogP contribution >= 0.6 is 11.6 Å². The van der Waals surface area contributed by atoms with E-state index in [-0.39, 0.29) is 12.5 Å². The van der Waals surface area contributed by atoms with Crippen molar-refractivity contribution in [3.63, 3.8) is 0 Å². The van der Waals surface area contributed by atoms with E-state index in [9.17, 15) is 4.79 Å². The zero-order valence-corrected chi connectivity index (χ0v) is 9.78. The number of hydrogen-bond donors (Lipinski definition) is 1. The minimum atomic E-state index is 0.100. The molecular formula is C10H15ClN4O. The van der Waals surface area contributed by atoms with Crippen LogP contribution in [-0.4, -0.2) is 46.8 Å². The summed E-state index contributed by atoms with van der Waals surface area (Å²) in [6, 6.07) is 0. The van der Waals surface area contributed by atoms with Crippen molar-refractivity contribution >= 4 is 17.5 Å². The lowest BCUT2D eigenvalue weighted by molar-refractivity contribution is -0.131. The lowest BCUT2D eigenvalue weighted by atomic mass is 10.4. The smallest absolute Gasteiger partial charge is 0.244 e. The average Bonchev–Trinajstić information content (AvgIpc) is 2.56. The minimum Gasteiger partial charge on any atom is -0.340 e. The Morgan fingerprint density at radius 1 is 1.50 bits per heavy atom. The molecular weight excluding hydrogens is 228 g/mol. The summed E-state index contributed by atoms with van der Waals surface area (Å²) in [6.45, 7) is 3.71. The number of carbonyl (C=O) groups excluding carboxylic acids is 1. The number of rotatable bonds is 2. The highest BCUT2D eigenvalue weighted by Crippen LogP contribution is 2.05. The molecule has 1 amide bonds. The first-order valence-electron chi connectivity index (χ1n) is 5.42. The molecule has 0 atom stereocenters. The third-order valence-corrected chi connectivity index (χ3v) is 2.79. The second-order valence-corrected chi connectivity index (χ2v) is 4.28. The zero-order valence-electron chi connectivity index (χ0n) is 9.03. The Bertz CT molecular complexity index is 357. The lowest BCUT2D eigenvalue weighted by Crippen LogP contribution is -2.36. The fourth-order valence-electron chi connectivity index (χ4n) is 1.76. The Balaban J connectivity index is 1.91. The van der Waals surface area contributed by atoms with E-state index in [2.05, 4.69) is 10.4 Å². The summed E-state index contributed by atoms with van der Waals surface area (Å²) in [5.41, 5.74) is 0. The highest BCUT2D eigenvalue weighted by atomic mass is 35.5. The molecule has 1 aliphatic rings. The molecule has 2 rings (SSSR count). The molecule has 1 aromatic rings. The van der Waals surface area contributed by atoms with Gasteiger partial charge in [0.2, 0.25) is 5.91 Å². The van der Waals surface area contributed by atoms with E-state index in [0.29, 0.717) is 5.02 Å². The molecule has 0 unspecified atom stereocenters. The Labute approximate surface area is 99.4 Å². The number of hydrogen-bond acceptors (Lipinski definition) is 3. The van der Waals surface area contributed by atoms with Crippen molar-refractivity contribution in [2.24, 2.45) is 0 Å². The quantitative estimate of drug-likeness (QED) is 0.815. The predicted molar refractivity (Wildman–Crippen MR) is 61.3 cm³/mol. The third kappa shape index (κ3) is 2.96. The summed E-state index contributed by atoms with van der Waals surface area (Å²) in [5, 5.41) is 7.82. The summed E-state index contributed by atoms with van der Waals surface area (Å²) in [4.78, 5) is 13.8. The maximum absolute atomic E-state index is 11.9. The van der Waals surface area contributed by atoms with Gasteiger partial charge in [-0.1, -0.05) is 11.6 Å². The molecule has 6 heteroatoms. The first-order valence-corrected chi connectivity index (χ1v) is 5.80. The van der Waals surface area contributed by atoms with Crippen LogP contribution in [0.15, 0.2) is 12.4 Å². The van der Waals surface area contributed by atoms with Crippen LogP contribution in [0.1, 0.15) is 6.42 Å². The van der Waals surface area contributed by atoms with Gasteiger partial charge in [-0.15, -0.1) is 0 Å². The van der Waals surface area contributed by atoms with Gasteiger partial charge in [0.15, 0.2) is 0 Å². The van der Waals surface area contributed by atoms with Crippen LogP contribution in [0.3, 0.4) is 0 Å². The lowest BCUT2D eigenvalue weighted by Gasteiger charge is -2.19. The van der Waals surface area contributed by atoms with Crippen molar-refractivity contribution in [2.45, 2.75) is 13.0 Å². The van der Waals surface area contributed by atoms with Crippen molar-refractivity contribution in [3.05, 3.63) is 17.4 Å². The molecule has 1 saturated heterocycles. The van der Waals surface area contributed by atoms with Crippen LogP contribution < -0.4 is 5.32 Å². The van der Waals surface area contributed by atoms with Gasteiger partial charge in [0, 0.05) is 25.8 Å². The number of halogens is 1. The minimum absolute atomic E-state index is 0.100. The molecule has 0 radical (unpaired) electrons. The number of nitrogens with one attached hydrogen (secondary N) is 1. The number of carbonyl (C=O) groups is 1. The molecule has 0 bridgehead atoms. The fraction of sp³-hybridized carbons (Fsp3) is 0.600. The molecule has 1 fully saturated rings. The van der Waals surface area contributed by atoms with E-state index in [4.69, 9.17) is 11.6 Å². The van der Waals surface area contributed by atoms with Gasteiger partial charge in [-0.2, -0.15) is 5.10 Å². The van der Waals surface area contributed by atoms with E-state index >= 15 is 0 Å². The summed E-state index contributed by atoms with van der Waals surface area (Å²) >= 11 is 5.74. The van der Waals surface area contributed by atoms with Gasteiger partial charge in [-0.05, 0) is 13.0 Å². The normalized spacial score (nSPS) is 17.2. The number of aromatic nitrogens is 2. The predicted octanol–water partition coefficient (Wildman–Crippen LogP) is 0.358. The van der Waals surface area contributed by atoms with E-state index in [1.54, 1.807) is 17.1 Å². The second kappa shape index (κ2) is 5.32. The molecule has 0 saturated carbocycles. The van der Waals surface area contributed by atoms with Crippen LogP contribution in [0.4, 0.5) is 0 Å². The van der Waals surface area contributed by atoms with E-state index in [0.717, 1.165) is 32.6 Å². The van der Waals surface area contributed by atoms with Gasteiger partial charge in [-0.3, -0.25) is 9.48 Å². The molecule has 1 N–H and O–H groups in total. The van der Waals surface area contributed by atoms with Crippen LogP contribution in [0.2, 0.25) is 5.02 Å². The van der Waals surface area contributed by atoms with E-state index < -0.39 is 0 Å². The molecule has 5 nitrogen and oxygen atoms in total. The van der Waals surface area contributed by atoms with Crippen LogP contribution in [-0.2, 0) is 11.3 Å². The van der Waals surface area contributed by atoms with Crippen LogP contribution in [0.25, 0.3) is 0 Å². The summed E-state index contributed by atoms with van der Waals surface area (Å²) in [5.74, 6) is 0.100. The first-order chi connectivity index (χ1) is 7.75. The van der Waals surface area contributed by atoms with Crippen LogP contribution in [0.5, 0.6) is 0 Å². The van der Waals surface area contributed by atoms with Gasteiger partial charge < -0.3 is 10.2 Å². The average molecular weight is 243 g/mol. The van der Waals surface area contributed by atoms with Gasteiger partial charge in [-0.25, -0.2) is 0 Å². The Kier molecular flexibility index (Phi) is 3.79. The fourth-order valence-corrected chi connectivity index (χ4v) is 1.91. The first kappa shape index (κ1) is 11.4. The standard InChI is InChI=1S/C10H15ClN4O/c11-9-6-13-15(7-9)8-10(16)14-4-1-2-12-3-5-14/h6-7,12H,1-5,8H2. The maximum Gasteiger partial charge on any atom is 0.244 e. The highest BCUT2D eigenvalue weighted by molar-refractivity contribution is 6.30. The van der Waals surface area contributed by atoms with Gasteiger partial charge in [0.1, 0.15) is 6.54 Å². The van der Waals surface area contributed by atoms with Crippen molar-refractivity contribution in [2.75, 3.05) is 26.2 Å². The SMILES string of the molecule is O=C(Cn1cc(Cl)cn1)N1CCCNCC1. The Morgan fingerprint density at radius 3 is 3.12 bits per heavy atom. The largest absolute Gasteiger partial charge is 0.340 e. The molecule has 88 valence electrons. The Morgan fingerprint density at radius 2 is 2.38 bits per heavy atom. The van der Waals surface area contributed by atoms with E-state index in [1.165, 1.54) is 0 Å². The van der Waals surface area contributed by atoms with Crippen LogP contribution in [0, 0.1) is 0 Å². The number of nitrogens with zero attached hydrogens (tertiary/aromatic N) is 3. The molecule has 1 aliphatic heterocycles. The third-order valence-electron chi connectivity index (χ3n) is 2.59. The molecule has 16 heavy (non-hydrogen) atoms. The molecule has 0 spiro atoms. The highest BCUT2D eigenvalue weighted by Gasteiger charge is 2.15. The van der Waals surface area contributed by atoms with Crippen molar-refractivity contribution in [3.8, 4) is 0 Å².